The summed E-state index contributed by atoms with van der Waals surface area (Å²) in [5.41, 5.74) is 5.47. The number of nitrogens with zero attached hydrogens (tertiary/aromatic N) is 2. The zero-order valence-corrected chi connectivity index (χ0v) is 20.1. The Balaban J connectivity index is 1.25. The fourth-order valence-corrected chi connectivity index (χ4v) is 5.60. The van der Waals surface area contributed by atoms with Crippen molar-refractivity contribution in [3.63, 3.8) is 0 Å². The SMILES string of the molecule is O=C(N[C@H](CCO)c1ccccc1)c1ccc2[nH]nc(-c3ccc(N4[C@@H]5CC[C@H]4COC5)cc3)c2c1. The Kier molecular flexibility index (Phi) is 6.17. The van der Waals surface area contributed by atoms with Gasteiger partial charge in [0.2, 0.25) is 0 Å². The zero-order chi connectivity index (χ0) is 24.5. The number of carbonyl (C=O) groups is 1. The van der Waals surface area contributed by atoms with Crippen molar-refractivity contribution in [1.29, 1.82) is 0 Å². The quantitative estimate of drug-likeness (QED) is 0.362. The van der Waals surface area contributed by atoms with Crippen LogP contribution in [0.3, 0.4) is 0 Å². The number of benzene rings is 3. The Morgan fingerprint density at radius 1 is 1.06 bits per heavy atom. The molecular formula is C29H30N4O3. The van der Waals surface area contributed by atoms with Gasteiger partial charge in [-0.25, -0.2) is 0 Å². The Labute approximate surface area is 210 Å². The van der Waals surface area contributed by atoms with Gasteiger partial charge in [-0.3, -0.25) is 9.89 Å². The molecule has 1 aromatic heterocycles. The van der Waals surface area contributed by atoms with Crippen LogP contribution in [0.5, 0.6) is 0 Å². The number of nitrogens with one attached hydrogen (secondary N) is 2. The minimum atomic E-state index is -0.258. The van der Waals surface area contributed by atoms with Crippen LogP contribution in [0, 0.1) is 0 Å². The molecule has 2 aliphatic heterocycles. The van der Waals surface area contributed by atoms with Crippen molar-refractivity contribution in [3.05, 3.63) is 83.9 Å². The van der Waals surface area contributed by atoms with E-state index >= 15 is 0 Å². The van der Waals surface area contributed by atoms with Gasteiger partial charge in [0.15, 0.2) is 0 Å². The van der Waals surface area contributed by atoms with Gasteiger partial charge in [0.05, 0.1) is 42.5 Å². The minimum Gasteiger partial charge on any atom is -0.396 e. The largest absolute Gasteiger partial charge is 0.396 e. The molecule has 6 rings (SSSR count). The number of hydrogen-bond acceptors (Lipinski definition) is 5. The van der Waals surface area contributed by atoms with Crippen molar-refractivity contribution < 1.29 is 14.6 Å². The van der Waals surface area contributed by atoms with Crippen LogP contribution in [-0.2, 0) is 4.74 Å². The van der Waals surface area contributed by atoms with Gasteiger partial charge in [-0.15, -0.1) is 0 Å². The van der Waals surface area contributed by atoms with Gasteiger partial charge in [0, 0.05) is 28.8 Å². The molecule has 184 valence electrons. The average Bonchev–Trinajstić information content (AvgIpc) is 3.45. The van der Waals surface area contributed by atoms with E-state index in [-0.39, 0.29) is 18.6 Å². The van der Waals surface area contributed by atoms with Crippen LogP contribution in [-0.4, -0.2) is 53.1 Å². The summed E-state index contributed by atoms with van der Waals surface area (Å²) < 4.78 is 5.73. The number of H-pyrrole nitrogens is 1. The van der Waals surface area contributed by atoms with E-state index in [0.29, 0.717) is 24.1 Å². The van der Waals surface area contributed by atoms with Gasteiger partial charge in [-0.2, -0.15) is 5.10 Å². The van der Waals surface area contributed by atoms with E-state index in [1.807, 2.05) is 42.5 Å². The maximum absolute atomic E-state index is 13.2. The molecule has 2 fully saturated rings. The highest BCUT2D eigenvalue weighted by molar-refractivity contribution is 6.01. The molecule has 4 aromatic rings. The first kappa shape index (κ1) is 22.8. The predicted octanol–water partition coefficient (Wildman–Crippen LogP) is 4.45. The second-order valence-electron chi connectivity index (χ2n) is 9.66. The summed E-state index contributed by atoms with van der Waals surface area (Å²) in [4.78, 5) is 15.7. The fraction of sp³-hybridized carbons (Fsp3) is 0.310. The first-order valence-electron chi connectivity index (χ1n) is 12.6. The summed E-state index contributed by atoms with van der Waals surface area (Å²) in [6.45, 7) is 1.60. The molecule has 0 aliphatic carbocycles. The Bertz CT molecular complexity index is 1340. The number of aromatic nitrogens is 2. The number of aliphatic hydroxyl groups excluding tert-OH is 1. The van der Waals surface area contributed by atoms with Crippen LogP contribution in [0.2, 0.25) is 0 Å². The lowest BCUT2D eigenvalue weighted by Gasteiger charge is -2.36. The highest BCUT2D eigenvalue weighted by atomic mass is 16.5. The van der Waals surface area contributed by atoms with Crippen molar-refractivity contribution in [2.75, 3.05) is 24.7 Å². The number of aromatic amines is 1. The first-order chi connectivity index (χ1) is 17.7. The Hall–Kier alpha value is -3.68. The van der Waals surface area contributed by atoms with Crippen LogP contribution < -0.4 is 10.2 Å². The Morgan fingerprint density at radius 3 is 2.53 bits per heavy atom. The lowest BCUT2D eigenvalue weighted by atomic mass is 10.0. The van der Waals surface area contributed by atoms with E-state index in [0.717, 1.165) is 40.9 Å². The van der Waals surface area contributed by atoms with Gasteiger partial charge in [0.1, 0.15) is 0 Å². The van der Waals surface area contributed by atoms with Crippen LogP contribution in [0.4, 0.5) is 5.69 Å². The van der Waals surface area contributed by atoms with Crippen molar-refractivity contribution in [3.8, 4) is 11.3 Å². The maximum Gasteiger partial charge on any atom is 0.251 e. The summed E-state index contributed by atoms with van der Waals surface area (Å²) in [6.07, 6.45) is 2.82. The number of aliphatic hydroxyl groups is 1. The topological polar surface area (TPSA) is 90.5 Å². The van der Waals surface area contributed by atoms with Gasteiger partial charge in [-0.1, -0.05) is 42.5 Å². The molecule has 2 saturated heterocycles. The van der Waals surface area contributed by atoms with Crippen molar-refractivity contribution in [2.24, 2.45) is 0 Å². The molecule has 3 aromatic carbocycles. The maximum atomic E-state index is 13.2. The smallest absolute Gasteiger partial charge is 0.251 e. The number of amides is 1. The number of fused-ring (bicyclic) bond motifs is 3. The normalized spacial score (nSPS) is 20.0. The molecule has 2 bridgehead atoms. The van der Waals surface area contributed by atoms with Crippen molar-refractivity contribution in [2.45, 2.75) is 37.4 Å². The lowest BCUT2D eigenvalue weighted by Crippen LogP contribution is -2.45. The number of anilines is 1. The number of rotatable bonds is 7. The highest BCUT2D eigenvalue weighted by Crippen LogP contribution is 2.35. The summed E-state index contributed by atoms with van der Waals surface area (Å²) in [5.74, 6) is -0.176. The third kappa shape index (κ3) is 4.25. The van der Waals surface area contributed by atoms with E-state index in [1.165, 1.54) is 18.5 Å². The summed E-state index contributed by atoms with van der Waals surface area (Å²) in [6, 6.07) is 24.6. The minimum absolute atomic E-state index is 0.00725. The molecule has 2 aliphatic rings. The molecular weight excluding hydrogens is 452 g/mol. The van der Waals surface area contributed by atoms with E-state index in [4.69, 9.17) is 4.74 Å². The first-order valence-corrected chi connectivity index (χ1v) is 12.6. The van der Waals surface area contributed by atoms with Crippen LogP contribution >= 0.6 is 0 Å². The van der Waals surface area contributed by atoms with Gasteiger partial charge < -0.3 is 20.1 Å². The molecule has 3 heterocycles. The second kappa shape index (κ2) is 9.76. The third-order valence-electron chi connectivity index (χ3n) is 7.43. The standard InChI is InChI=1S/C29H30N4O3/c34-15-14-26(19-4-2-1-3-5-19)30-29(35)21-8-13-27-25(16-21)28(32-31-27)20-6-9-22(10-7-20)33-23-11-12-24(33)18-36-17-23/h1-10,13,16,23-24,26,34H,11-12,14-15,17-18H2,(H,30,35)(H,31,32)/t23-,24+,26-/m1/s1. The van der Waals surface area contributed by atoms with E-state index in [2.05, 4.69) is 44.7 Å². The van der Waals surface area contributed by atoms with Gasteiger partial charge >= 0.3 is 0 Å². The Morgan fingerprint density at radius 2 is 1.81 bits per heavy atom. The molecule has 0 spiro atoms. The average molecular weight is 483 g/mol. The number of carbonyl (C=O) groups excluding carboxylic acids is 1. The summed E-state index contributed by atoms with van der Waals surface area (Å²) in [7, 11) is 0. The number of hydrogen-bond donors (Lipinski definition) is 3. The molecule has 3 N–H and O–H groups in total. The summed E-state index contributed by atoms with van der Waals surface area (Å²) in [5, 5.41) is 21.2. The van der Waals surface area contributed by atoms with Crippen LogP contribution in [0.1, 0.15) is 41.2 Å². The monoisotopic (exact) mass is 482 g/mol. The number of ether oxygens (including phenoxy) is 1. The van der Waals surface area contributed by atoms with Gasteiger partial charge in [-0.05, 0) is 55.2 Å². The van der Waals surface area contributed by atoms with Crippen LogP contribution in [0.15, 0.2) is 72.8 Å². The molecule has 1 amide bonds. The van der Waals surface area contributed by atoms with E-state index in [1.54, 1.807) is 6.07 Å². The van der Waals surface area contributed by atoms with E-state index in [9.17, 15) is 9.90 Å². The molecule has 7 nitrogen and oxygen atoms in total. The second-order valence-corrected chi connectivity index (χ2v) is 9.66. The third-order valence-corrected chi connectivity index (χ3v) is 7.43. The molecule has 3 atom stereocenters. The zero-order valence-electron chi connectivity index (χ0n) is 20.1. The molecule has 36 heavy (non-hydrogen) atoms. The summed E-state index contributed by atoms with van der Waals surface area (Å²) >= 11 is 0. The predicted molar refractivity (Wildman–Crippen MR) is 140 cm³/mol. The molecule has 7 heteroatoms. The van der Waals surface area contributed by atoms with Crippen LogP contribution in [0.25, 0.3) is 22.2 Å². The molecule has 0 radical (unpaired) electrons. The fourth-order valence-electron chi connectivity index (χ4n) is 5.60. The van der Waals surface area contributed by atoms with Gasteiger partial charge in [0.25, 0.3) is 5.91 Å². The van der Waals surface area contributed by atoms with Crippen molar-refractivity contribution >= 4 is 22.5 Å². The molecule has 0 saturated carbocycles. The lowest BCUT2D eigenvalue weighted by molar-refractivity contribution is 0.0906. The van der Waals surface area contributed by atoms with E-state index < -0.39 is 0 Å². The number of morpholine rings is 1. The molecule has 0 unspecified atom stereocenters. The highest BCUT2D eigenvalue weighted by Gasteiger charge is 2.37. The van der Waals surface area contributed by atoms with Crippen molar-refractivity contribution in [1.82, 2.24) is 15.5 Å².